The Morgan fingerprint density at radius 1 is 1.80 bits per heavy atom. The van der Waals surface area contributed by atoms with Crippen molar-refractivity contribution >= 4 is 17.2 Å². The third kappa shape index (κ3) is 3.21. The molecule has 0 aliphatic rings. The summed E-state index contributed by atoms with van der Waals surface area (Å²) in [5, 5.41) is 8.44. The van der Waals surface area contributed by atoms with Crippen LogP contribution in [-0.2, 0) is 0 Å². The van der Waals surface area contributed by atoms with E-state index in [1.807, 2.05) is 13.0 Å². The molecule has 0 fully saturated rings. The van der Waals surface area contributed by atoms with Gasteiger partial charge in [0.25, 0.3) is 0 Å². The van der Waals surface area contributed by atoms with E-state index >= 15 is 0 Å². The second kappa shape index (κ2) is 4.95. The van der Waals surface area contributed by atoms with Crippen molar-refractivity contribution in [3.05, 3.63) is 11.6 Å². The Hall–Kier alpha value is -0.880. The molecule has 0 radical (unpaired) electrons. The summed E-state index contributed by atoms with van der Waals surface area (Å²) >= 11 is 4.62. The smallest absolute Gasteiger partial charge is 0.114 e. The van der Waals surface area contributed by atoms with Gasteiger partial charge in [0, 0.05) is 0 Å². The van der Waals surface area contributed by atoms with Crippen molar-refractivity contribution in [1.82, 2.24) is 0 Å². The van der Waals surface area contributed by atoms with Crippen LogP contribution in [0.1, 0.15) is 19.8 Å². The van der Waals surface area contributed by atoms with Crippen LogP contribution in [0.5, 0.6) is 0 Å². The fraction of sp³-hybridized carbons (Fsp3) is 0.429. The first-order valence-corrected chi connectivity index (χ1v) is 3.53. The molecular weight excluding hydrogens is 144 g/mol. The monoisotopic (exact) mass is 154 g/mol. The molecule has 0 bridgehead atoms. The molecule has 0 heterocycles. The number of rotatable bonds is 3. The first-order chi connectivity index (χ1) is 4.72. The number of allylic oxidation sites excluding steroid dienone is 1. The molecule has 2 N–H and O–H groups in total. The number of unbranched alkanes of at least 4 members (excludes halogenated alkanes) is 1. The Morgan fingerprint density at radius 3 is 2.70 bits per heavy atom. The van der Waals surface area contributed by atoms with Gasteiger partial charge < -0.3 is 5.73 Å². The molecule has 0 aliphatic heterocycles. The average molecular weight is 154 g/mol. The highest BCUT2D eigenvalue weighted by Crippen LogP contribution is 1.97. The van der Waals surface area contributed by atoms with Gasteiger partial charge >= 0.3 is 0 Å². The summed E-state index contributed by atoms with van der Waals surface area (Å²) in [6.45, 7) is 2.03. The second-order valence-corrected chi connectivity index (χ2v) is 2.32. The van der Waals surface area contributed by atoms with Crippen molar-refractivity contribution in [3.63, 3.8) is 0 Å². The summed E-state index contributed by atoms with van der Waals surface area (Å²) in [5.74, 6) is 0. The Bertz CT molecular complexity index is 188. The molecule has 0 aromatic rings. The van der Waals surface area contributed by atoms with Crippen LogP contribution in [-0.4, -0.2) is 4.99 Å². The van der Waals surface area contributed by atoms with Gasteiger partial charge in [-0.25, -0.2) is 0 Å². The maximum atomic E-state index is 8.44. The molecule has 2 nitrogen and oxygen atoms in total. The summed E-state index contributed by atoms with van der Waals surface area (Å²) < 4.78 is 0. The summed E-state index contributed by atoms with van der Waals surface area (Å²) in [6.07, 6.45) is 3.64. The van der Waals surface area contributed by atoms with Crippen LogP contribution < -0.4 is 5.73 Å². The number of thiocarbonyl (C=S) groups is 1. The van der Waals surface area contributed by atoms with Crippen LogP contribution in [0.15, 0.2) is 11.6 Å². The lowest BCUT2D eigenvalue weighted by Gasteiger charge is -1.91. The standard InChI is InChI=1S/C7H10N2S/c1-2-3-4-6(5-8)7(9)10/h4H,2-3H2,1H3,(H2,9,10)/b6-4+. The Kier molecular flexibility index (Phi) is 4.51. The Morgan fingerprint density at radius 2 is 2.40 bits per heavy atom. The maximum absolute atomic E-state index is 8.44. The third-order valence-corrected chi connectivity index (χ3v) is 1.24. The average Bonchev–Trinajstić information content (AvgIpc) is 1.89. The van der Waals surface area contributed by atoms with E-state index in [0.29, 0.717) is 5.57 Å². The molecule has 0 unspecified atom stereocenters. The number of nitrogens with zero attached hydrogens (tertiary/aromatic N) is 1. The zero-order valence-corrected chi connectivity index (χ0v) is 6.74. The van der Waals surface area contributed by atoms with Crippen LogP contribution in [0.25, 0.3) is 0 Å². The van der Waals surface area contributed by atoms with Gasteiger partial charge in [0.05, 0.1) is 5.57 Å². The molecule has 54 valence electrons. The summed E-state index contributed by atoms with van der Waals surface area (Å²) in [7, 11) is 0. The molecule has 0 saturated carbocycles. The number of nitriles is 1. The van der Waals surface area contributed by atoms with Gasteiger partial charge in [0.1, 0.15) is 11.1 Å². The molecule has 0 rings (SSSR count). The number of hydrogen-bond acceptors (Lipinski definition) is 2. The van der Waals surface area contributed by atoms with Crippen molar-refractivity contribution in [3.8, 4) is 6.07 Å². The van der Waals surface area contributed by atoms with E-state index in [9.17, 15) is 0 Å². The lowest BCUT2D eigenvalue weighted by molar-refractivity contribution is 0.956. The summed E-state index contributed by atoms with van der Waals surface area (Å²) in [4.78, 5) is 0.191. The fourth-order valence-corrected chi connectivity index (χ4v) is 0.619. The lowest BCUT2D eigenvalue weighted by Crippen LogP contribution is -2.09. The summed E-state index contributed by atoms with van der Waals surface area (Å²) in [6, 6.07) is 1.93. The van der Waals surface area contributed by atoms with Crippen LogP contribution >= 0.6 is 12.2 Å². The van der Waals surface area contributed by atoms with E-state index in [4.69, 9.17) is 11.0 Å². The largest absolute Gasteiger partial charge is 0.389 e. The molecule has 0 aromatic heterocycles. The van der Waals surface area contributed by atoms with Crippen molar-refractivity contribution in [2.24, 2.45) is 5.73 Å². The first-order valence-electron chi connectivity index (χ1n) is 3.12. The quantitative estimate of drug-likeness (QED) is 0.381. The van der Waals surface area contributed by atoms with Gasteiger partial charge in [-0.05, 0) is 6.42 Å². The van der Waals surface area contributed by atoms with Crippen LogP contribution in [0.3, 0.4) is 0 Å². The highest BCUT2D eigenvalue weighted by molar-refractivity contribution is 7.80. The SMILES string of the molecule is CCC/C=C(\C#N)C(N)=S. The van der Waals surface area contributed by atoms with E-state index in [1.165, 1.54) is 0 Å². The topological polar surface area (TPSA) is 49.8 Å². The maximum Gasteiger partial charge on any atom is 0.114 e. The Labute approximate surface area is 66.3 Å². The van der Waals surface area contributed by atoms with Crippen molar-refractivity contribution < 1.29 is 0 Å². The van der Waals surface area contributed by atoms with E-state index in [-0.39, 0.29) is 4.99 Å². The molecule has 0 saturated heterocycles. The summed E-state index contributed by atoms with van der Waals surface area (Å²) in [5.41, 5.74) is 5.66. The predicted molar refractivity (Wildman–Crippen MR) is 45.4 cm³/mol. The molecule has 10 heavy (non-hydrogen) atoms. The minimum absolute atomic E-state index is 0.191. The lowest BCUT2D eigenvalue weighted by atomic mass is 10.2. The minimum Gasteiger partial charge on any atom is -0.389 e. The minimum atomic E-state index is 0.191. The number of nitrogens with two attached hydrogens (primary N) is 1. The fourth-order valence-electron chi connectivity index (χ4n) is 0.490. The number of hydrogen-bond donors (Lipinski definition) is 1. The highest BCUT2D eigenvalue weighted by Gasteiger charge is 1.95. The van der Waals surface area contributed by atoms with E-state index < -0.39 is 0 Å². The van der Waals surface area contributed by atoms with Gasteiger partial charge in [-0.2, -0.15) is 5.26 Å². The van der Waals surface area contributed by atoms with E-state index in [1.54, 1.807) is 6.08 Å². The normalized spacial score (nSPS) is 10.6. The van der Waals surface area contributed by atoms with Crippen LogP contribution in [0.2, 0.25) is 0 Å². The van der Waals surface area contributed by atoms with Gasteiger partial charge in [-0.1, -0.05) is 31.6 Å². The van der Waals surface area contributed by atoms with Gasteiger partial charge in [-0.15, -0.1) is 0 Å². The van der Waals surface area contributed by atoms with E-state index in [0.717, 1.165) is 12.8 Å². The molecule has 0 amide bonds. The molecule has 0 atom stereocenters. The van der Waals surface area contributed by atoms with Crippen LogP contribution in [0, 0.1) is 11.3 Å². The van der Waals surface area contributed by atoms with Gasteiger partial charge in [-0.3, -0.25) is 0 Å². The van der Waals surface area contributed by atoms with Gasteiger partial charge in [0.2, 0.25) is 0 Å². The second-order valence-electron chi connectivity index (χ2n) is 1.88. The first kappa shape index (κ1) is 9.12. The highest BCUT2D eigenvalue weighted by atomic mass is 32.1. The molecule has 0 aromatic carbocycles. The van der Waals surface area contributed by atoms with Crippen molar-refractivity contribution in [2.45, 2.75) is 19.8 Å². The van der Waals surface area contributed by atoms with Crippen LogP contribution in [0.4, 0.5) is 0 Å². The molecule has 0 aliphatic carbocycles. The van der Waals surface area contributed by atoms with Gasteiger partial charge in [0.15, 0.2) is 0 Å². The third-order valence-electron chi connectivity index (χ3n) is 1.02. The Balaban J connectivity index is 4.09. The van der Waals surface area contributed by atoms with E-state index in [2.05, 4.69) is 12.2 Å². The predicted octanol–water partition coefficient (Wildman–Crippen LogP) is 1.52. The van der Waals surface area contributed by atoms with Crippen molar-refractivity contribution in [2.75, 3.05) is 0 Å². The zero-order valence-electron chi connectivity index (χ0n) is 5.92. The zero-order chi connectivity index (χ0) is 7.98. The molecule has 0 spiro atoms. The molecular formula is C7H10N2S. The molecule has 3 heteroatoms. The van der Waals surface area contributed by atoms with Crippen molar-refractivity contribution in [1.29, 1.82) is 5.26 Å².